The van der Waals surface area contributed by atoms with Gasteiger partial charge in [0.2, 0.25) is 0 Å². The van der Waals surface area contributed by atoms with Crippen LogP contribution in [0.15, 0.2) is 0 Å². The molecule has 146 valence electrons. The summed E-state index contributed by atoms with van der Waals surface area (Å²) >= 11 is 0. The molecule has 3 unspecified atom stereocenters. The standard InChI is InChI=1S/C21H38O4/c1-4-7-11-16-24-20(22)18-14-9-10-15-19(18)21(23)25-17(12-6-3)13-8-5-2/h17-19H,4-16H2,1-3H3. The van der Waals surface area contributed by atoms with Gasteiger partial charge in [-0.3, -0.25) is 9.59 Å². The van der Waals surface area contributed by atoms with Crippen LogP contribution in [0.3, 0.4) is 0 Å². The number of carbonyl (C=O) groups is 2. The smallest absolute Gasteiger partial charge is 0.310 e. The number of hydrogen-bond donors (Lipinski definition) is 0. The summed E-state index contributed by atoms with van der Waals surface area (Å²) in [7, 11) is 0. The Morgan fingerprint density at radius 3 is 2.08 bits per heavy atom. The largest absolute Gasteiger partial charge is 0.465 e. The fraction of sp³-hybridized carbons (Fsp3) is 0.905. The lowest BCUT2D eigenvalue weighted by Crippen LogP contribution is -2.36. The fourth-order valence-electron chi connectivity index (χ4n) is 3.59. The lowest BCUT2D eigenvalue weighted by molar-refractivity contribution is -0.166. The number of esters is 2. The number of carbonyl (C=O) groups excluding carboxylic acids is 2. The zero-order valence-corrected chi connectivity index (χ0v) is 16.6. The molecular formula is C21H38O4. The lowest BCUT2D eigenvalue weighted by Gasteiger charge is -2.30. The van der Waals surface area contributed by atoms with Gasteiger partial charge >= 0.3 is 11.9 Å². The molecule has 0 amide bonds. The molecule has 0 bridgehead atoms. The van der Waals surface area contributed by atoms with Gasteiger partial charge < -0.3 is 9.47 Å². The quantitative estimate of drug-likeness (QED) is 0.346. The van der Waals surface area contributed by atoms with E-state index < -0.39 is 0 Å². The van der Waals surface area contributed by atoms with E-state index in [4.69, 9.17) is 9.47 Å². The van der Waals surface area contributed by atoms with Gasteiger partial charge in [0.05, 0.1) is 18.4 Å². The van der Waals surface area contributed by atoms with Crippen LogP contribution in [0.1, 0.15) is 97.8 Å². The summed E-state index contributed by atoms with van der Waals surface area (Å²) in [5, 5.41) is 0. The van der Waals surface area contributed by atoms with Gasteiger partial charge in [0.25, 0.3) is 0 Å². The van der Waals surface area contributed by atoms with Gasteiger partial charge in [-0.05, 0) is 32.1 Å². The molecule has 0 spiro atoms. The first-order valence-corrected chi connectivity index (χ1v) is 10.5. The summed E-state index contributed by atoms with van der Waals surface area (Å²) in [4.78, 5) is 25.1. The van der Waals surface area contributed by atoms with Crippen LogP contribution in [0.5, 0.6) is 0 Å². The maximum absolute atomic E-state index is 12.7. The predicted octanol–water partition coefficient (Wildman–Crippen LogP) is 5.43. The van der Waals surface area contributed by atoms with Crippen LogP contribution in [0.4, 0.5) is 0 Å². The molecule has 0 heterocycles. The second-order valence-corrected chi connectivity index (χ2v) is 7.36. The SMILES string of the molecule is CCCCCOC(=O)C1CCCCC1C(=O)OC(CCC)CCCC. The summed E-state index contributed by atoms with van der Waals surface area (Å²) in [5.41, 5.74) is 0. The molecule has 1 rings (SSSR count). The molecule has 0 aromatic carbocycles. The first kappa shape index (κ1) is 22.0. The summed E-state index contributed by atoms with van der Waals surface area (Å²) in [6, 6.07) is 0. The molecule has 0 radical (unpaired) electrons. The number of unbranched alkanes of at least 4 members (excludes halogenated alkanes) is 3. The van der Waals surface area contributed by atoms with Crippen molar-refractivity contribution in [2.75, 3.05) is 6.61 Å². The second kappa shape index (κ2) is 13.2. The monoisotopic (exact) mass is 354 g/mol. The van der Waals surface area contributed by atoms with E-state index >= 15 is 0 Å². The zero-order valence-electron chi connectivity index (χ0n) is 16.6. The molecule has 0 saturated heterocycles. The molecular weight excluding hydrogens is 316 g/mol. The summed E-state index contributed by atoms with van der Waals surface area (Å²) in [5.74, 6) is -0.993. The Hall–Kier alpha value is -1.06. The molecule has 0 N–H and O–H groups in total. The second-order valence-electron chi connectivity index (χ2n) is 7.36. The van der Waals surface area contributed by atoms with E-state index in [2.05, 4.69) is 20.8 Å². The van der Waals surface area contributed by atoms with Crippen molar-refractivity contribution in [1.82, 2.24) is 0 Å². The van der Waals surface area contributed by atoms with Crippen molar-refractivity contribution < 1.29 is 19.1 Å². The average molecular weight is 355 g/mol. The van der Waals surface area contributed by atoms with E-state index in [1.165, 1.54) is 0 Å². The minimum absolute atomic E-state index is 0.000557. The molecule has 0 aliphatic heterocycles. The maximum Gasteiger partial charge on any atom is 0.310 e. The summed E-state index contributed by atoms with van der Waals surface area (Å²) in [6.45, 7) is 6.86. The number of rotatable bonds is 12. The normalized spacial score (nSPS) is 21.6. The fourth-order valence-corrected chi connectivity index (χ4v) is 3.59. The zero-order chi connectivity index (χ0) is 18.5. The van der Waals surface area contributed by atoms with Gasteiger partial charge in [0, 0.05) is 0 Å². The summed E-state index contributed by atoms with van der Waals surface area (Å²) in [6.07, 6.45) is 11.6. The minimum atomic E-state index is -0.312. The molecule has 1 aliphatic carbocycles. The third-order valence-electron chi connectivity index (χ3n) is 5.14. The highest BCUT2D eigenvalue weighted by atomic mass is 16.5. The highest BCUT2D eigenvalue weighted by molar-refractivity contribution is 5.82. The van der Waals surface area contributed by atoms with Gasteiger partial charge in [-0.2, -0.15) is 0 Å². The van der Waals surface area contributed by atoms with Crippen LogP contribution in [0, 0.1) is 11.8 Å². The number of hydrogen-bond acceptors (Lipinski definition) is 4. The molecule has 1 fully saturated rings. The van der Waals surface area contributed by atoms with E-state index in [9.17, 15) is 9.59 Å². The van der Waals surface area contributed by atoms with Crippen molar-refractivity contribution in [2.45, 2.75) is 104 Å². The Balaban J connectivity index is 2.57. The highest BCUT2D eigenvalue weighted by Crippen LogP contribution is 2.33. The van der Waals surface area contributed by atoms with Crippen LogP contribution >= 0.6 is 0 Å². The Kier molecular flexibility index (Phi) is 11.6. The summed E-state index contributed by atoms with van der Waals surface area (Å²) < 4.78 is 11.2. The van der Waals surface area contributed by atoms with Crippen molar-refractivity contribution >= 4 is 11.9 Å². The van der Waals surface area contributed by atoms with E-state index in [1.54, 1.807) is 0 Å². The first-order chi connectivity index (χ1) is 12.1. The maximum atomic E-state index is 12.7. The Morgan fingerprint density at radius 2 is 1.48 bits per heavy atom. The Bertz CT molecular complexity index is 380. The van der Waals surface area contributed by atoms with Crippen molar-refractivity contribution in [3.63, 3.8) is 0 Å². The van der Waals surface area contributed by atoms with Crippen molar-refractivity contribution in [3.05, 3.63) is 0 Å². The van der Waals surface area contributed by atoms with Gasteiger partial charge in [-0.25, -0.2) is 0 Å². The third kappa shape index (κ3) is 8.24. The van der Waals surface area contributed by atoms with Crippen LogP contribution in [0.2, 0.25) is 0 Å². The first-order valence-electron chi connectivity index (χ1n) is 10.5. The van der Waals surface area contributed by atoms with Crippen LogP contribution < -0.4 is 0 Å². The molecule has 3 atom stereocenters. The van der Waals surface area contributed by atoms with Crippen molar-refractivity contribution in [3.8, 4) is 0 Å². The van der Waals surface area contributed by atoms with Crippen molar-refractivity contribution in [2.24, 2.45) is 11.8 Å². The molecule has 1 saturated carbocycles. The van der Waals surface area contributed by atoms with E-state index in [0.717, 1.165) is 77.0 Å². The van der Waals surface area contributed by atoms with E-state index in [1.807, 2.05) is 0 Å². The van der Waals surface area contributed by atoms with Crippen LogP contribution in [-0.4, -0.2) is 24.6 Å². The topological polar surface area (TPSA) is 52.6 Å². The molecule has 25 heavy (non-hydrogen) atoms. The van der Waals surface area contributed by atoms with Gasteiger partial charge in [0.1, 0.15) is 6.10 Å². The van der Waals surface area contributed by atoms with Crippen LogP contribution in [-0.2, 0) is 19.1 Å². The van der Waals surface area contributed by atoms with Gasteiger partial charge in [-0.15, -0.1) is 0 Å². The predicted molar refractivity (Wildman–Crippen MR) is 100 cm³/mol. The Labute approximate surface area is 154 Å². The highest BCUT2D eigenvalue weighted by Gasteiger charge is 2.38. The molecule has 4 heteroatoms. The third-order valence-corrected chi connectivity index (χ3v) is 5.14. The average Bonchev–Trinajstić information content (AvgIpc) is 2.63. The molecule has 4 nitrogen and oxygen atoms in total. The Morgan fingerprint density at radius 1 is 0.840 bits per heavy atom. The molecule has 0 aromatic rings. The van der Waals surface area contributed by atoms with Gasteiger partial charge in [-0.1, -0.05) is 65.7 Å². The lowest BCUT2D eigenvalue weighted by atomic mass is 9.79. The molecule has 0 aromatic heterocycles. The van der Waals surface area contributed by atoms with Crippen molar-refractivity contribution in [1.29, 1.82) is 0 Å². The van der Waals surface area contributed by atoms with Crippen LogP contribution in [0.25, 0.3) is 0 Å². The van der Waals surface area contributed by atoms with E-state index in [-0.39, 0.29) is 29.9 Å². The molecule has 1 aliphatic rings. The van der Waals surface area contributed by atoms with E-state index in [0.29, 0.717) is 6.61 Å². The van der Waals surface area contributed by atoms with Gasteiger partial charge in [0.15, 0.2) is 0 Å². The minimum Gasteiger partial charge on any atom is -0.465 e. The number of ether oxygens (including phenoxy) is 2.